The van der Waals surface area contributed by atoms with Crippen LogP contribution in [-0.2, 0) is 4.74 Å². The first-order chi connectivity index (χ1) is 15.6. The molecule has 1 aliphatic heterocycles. The second-order valence-electron chi connectivity index (χ2n) is 10.6. The molecule has 2 saturated carbocycles. The molecule has 4 heteroatoms. The maximum atomic E-state index is 14.6. The van der Waals surface area contributed by atoms with Crippen molar-refractivity contribution >= 4 is 0 Å². The lowest BCUT2D eigenvalue weighted by molar-refractivity contribution is -0.0469. The second kappa shape index (κ2) is 11.3. The number of ether oxygens (including phenoxy) is 2. The molecule has 1 aromatic carbocycles. The minimum absolute atomic E-state index is 0.000959. The summed E-state index contributed by atoms with van der Waals surface area (Å²) in [7, 11) is 0. The summed E-state index contributed by atoms with van der Waals surface area (Å²) in [6.45, 7) is 4.91. The quantitative estimate of drug-likeness (QED) is 0.420. The van der Waals surface area contributed by atoms with Crippen LogP contribution in [-0.4, -0.2) is 19.3 Å². The van der Waals surface area contributed by atoms with Crippen LogP contribution in [0.3, 0.4) is 0 Å². The Labute approximate surface area is 193 Å². The van der Waals surface area contributed by atoms with Crippen LogP contribution in [0.25, 0.3) is 0 Å². The van der Waals surface area contributed by atoms with Crippen molar-refractivity contribution in [2.24, 2.45) is 23.7 Å². The Morgan fingerprint density at radius 2 is 1.47 bits per heavy atom. The van der Waals surface area contributed by atoms with Crippen LogP contribution in [0, 0.1) is 35.3 Å². The van der Waals surface area contributed by atoms with Crippen LogP contribution in [0.2, 0.25) is 0 Å². The Hall–Kier alpha value is -1.16. The Balaban J connectivity index is 1.23. The van der Waals surface area contributed by atoms with Gasteiger partial charge in [0.2, 0.25) is 5.82 Å². The SMILES string of the molecule is CCC[C@H]1CC[C@H](C2CCC([C@H]3CC[C@H](c4ccc(OCC)c(F)c4F)CO3)CC2)CC1. The van der Waals surface area contributed by atoms with Gasteiger partial charge in [-0.3, -0.25) is 0 Å². The van der Waals surface area contributed by atoms with Crippen molar-refractivity contribution in [2.45, 2.75) is 103 Å². The molecular formula is C28H42F2O2. The minimum atomic E-state index is -0.867. The maximum Gasteiger partial charge on any atom is 0.200 e. The summed E-state index contributed by atoms with van der Waals surface area (Å²) in [4.78, 5) is 0. The van der Waals surface area contributed by atoms with E-state index in [0.29, 0.717) is 30.8 Å². The molecule has 0 N–H and O–H groups in total. The van der Waals surface area contributed by atoms with Crippen LogP contribution in [0.1, 0.15) is 102 Å². The Morgan fingerprint density at radius 3 is 2.06 bits per heavy atom. The zero-order chi connectivity index (χ0) is 22.5. The molecular weight excluding hydrogens is 406 g/mol. The summed E-state index contributed by atoms with van der Waals surface area (Å²) < 4.78 is 40.3. The number of benzene rings is 1. The third kappa shape index (κ3) is 5.48. The zero-order valence-electron chi connectivity index (χ0n) is 20.1. The monoisotopic (exact) mass is 448 g/mol. The van der Waals surface area contributed by atoms with Crippen LogP contribution >= 0.6 is 0 Å². The predicted octanol–water partition coefficient (Wildman–Crippen LogP) is 8.04. The number of halogens is 2. The van der Waals surface area contributed by atoms with Crippen molar-refractivity contribution in [1.82, 2.24) is 0 Å². The van der Waals surface area contributed by atoms with Gasteiger partial charge < -0.3 is 9.47 Å². The van der Waals surface area contributed by atoms with E-state index >= 15 is 0 Å². The summed E-state index contributed by atoms with van der Waals surface area (Å²) >= 11 is 0. The molecule has 1 saturated heterocycles. The predicted molar refractivity (Wildman–Crippen MR) is 125 cm³/mol. The molecule has 3 aliphatic rings. The molecule has 2 nitrogen and oxygen atoms in total. The van der Waals surface area contributed by atoms with Gasteiger partial charge in [0.25, 0.3) is 0 Å². The highest BCUT2D eigenvalue weighted by Gasteiger charge is 2.36. The molecule has 0 unspecified atom stereocenters. The summed E-state index contributed by atoms with van der Waals surface area (Å²) in [6.07, 6.45) is 16.0. The van der Waals surface area contributed by atoms with Gasteiger partial charge in [0.1, 0.15) is 0 Å². The normalized spacial score (nSPS) is 33.8. The van der Waals surface area contributed by atoms with Gasteiger partial charge in [0.05, 0.1) is 19.3 Å². The van der Waals surface area contributed by atoms with E-state index in [1.54, 1.807) is 19.1 Å². The fraction of sp³-hybridized carbons (Fsp3) is 0.786. The minimum Gasteiger partial charge on any atom is -0.491 e. The van der Waals surface area contributed by atoms with Crippen molar-refractivity contribution in [2.75, 3.05) is 13.2 Å². The lowest BCUT2D eigenvalue weighted by atomic mass is 9.67. The van der Waals surface area contributed by atoms with Crippen LogP contribution in [0.5, 0.6) is 5.75 Å². The molecule has 0 bridgehead atoms. The van der Waals surface area contributed by atoms with Gasteiger partial charge in [-0.15, -0.1) is 0 Å². The molecule has 0 radical (unpaired) electrons. The Kier molecular flexibility index (Phi) is 8.48. The lowest BCUT2D eigenvalue weighted by Crippen LogP contribution is -2.35. The average molecular weight is 449 g/mol. The smallest absolute Gasteiger partial charge is 0.200 e. The summed E-state index contributed by atoms with van der Waals surface area (Å²) in [6, 6.07) is 3.23. The van der Waals surface area contributed by atoms with Crippen molar-refractivity contribution in [3.63, 3.8) is 0 Å². The van der Waals surface area contributed by atoms with Crippen molar-refractivity contribution in [3.05, 3.63) is 29.3 Å². The molecule has 0 amide bonds. The summed E-state index contributed by atoms with van der Waals surface area (Å²) in [5, 5.41) is 0. The van der Waals surface area contributed by atoms with Gasteiger partial charge in [-0.05, 0) is 93.6 Å². The fourth-order valence-corrected chi connectivity index (χ4v) is 6.86. The molecule has 32 heavy (non-hydrogen) atoms. The third-order valence-corrected chi connectivity index (χ3v) is 8.72. The number of hydrogen-bond donors (Lipinski definition) is 0. The maximum absolute atomic E-state index is 14.6. The number of hydrogen-bond acceptors (Lipinski definition) is 2. The third-order valence-electron chi connectivity index (χ3n) is 8.72. The zero-order valence-corrected chi connectivity index (χ0v) is 20.1. The highest BCUT2D eigenvalue weighted by molar-refractivity contribution is 5.33. The molecule has 3 fully saturated rings. The van der Waals surface area contributed by atoms with Crippen molar-refractivity contribution in [3.8, 4) is 5.75 Å². The van der Waals surface area contributed by atoms with Gasteiger partial charge >= 0.3 is 0 Å². The first-order valence-corrected chi connectivity index (χ1v) is 13.3. The number of rotatable bonds is 7. The van der Waals surface area contributed by atoms with E-state index in [9.17, 15) is 8.78 Å². The van der Waals surface area contributed by atoms with Gasteiger partial charge in [0, 0.05) is 5.92 Å². The van der Waals surface area contributed by atoms with Gasteiger partial charge in [-0.2, -0.15) is 4.39 Å². The lowest BCUT2D eigenvalue weighted by Gasteiger charge is -2.41. The highest BCUT2D eigenvalue weighted by Crippen LogP contribution is 2.44. The van der Waals surface area contributed by atoms with E-state index in [1.807, 2.05) is 0 Å². The molecule has 0 spiro atoms. The summed E-state index contributed by atoms with van der Waals surface area (Å²) in [5.74, 6) is 1.82. The van der Waals surface area contributed by atoms with Crippen LogP contribution < -0.4 is 4.74 Å². The van der Waals surface area contributed by atoms with E-state index in [2.05, 4.69) is 6.92 Å². The summed E-state index contributed by atoms with van der Waals surface area (Å²) in [5.41, 5.74) is 0.437. The van der Waals surface area contributed by atoms with E-state index in [1.165, 1.54) is 64.2 Å². The fourth-order valence-electron chi connectivity index (χ4n) is 6.86. The first kappa shape index (κ1) is 24.0. The first-order valence-electron chi connectivity index (χ1n) is 13.3. The van der Waals surface area contributed by atoms with E-state index in [4.69, 9.17) is 9.47 Å². The van der Waals surface area contributed by atoms with E-state index in [-0.39, 0.29) is 11.7 Å². The van der Waals surface area contributed by atoms with E-state index < -0.39 is 11.6 Å². The molecule has 4 rings (SSSR count). The average Bonchev–Trinajstić information content (AvgIpc) is 2.83. The van der Waals surface area contributed by atoms with Gasteiger partial charge in [0.15, 0.2) is 11.6 Å². The molecule has 2 atom stereocenters. The highest BCUT2D eigenvalue weighted by atomic mass is 19.2. The molecule has 180 valence electrons. The molecule has 0 aromatic heterocycles. The van der Waals surface area contributed by atoms with Gasteiger partial charge in [-0.25, -0.2) is 4.39 Å². The Bertz CT molecular complexity index is 712. The second-order valence-corrected chi connectivity index (χ2v) is 10.6. The van der Waals surface area contributed by atoms with Crippen LogP contribution in [0.4, 0.5) is 8.78 Å². The van der Waals surface area contributed by atoms with E-state index in [0.717, 1.165) is 30.6 Å². The van der Waals surface area contributed by atoms with Crippen LogP contribution in [0.15, 0.2) is 12.1 Å². The molecule has 1 aromatic rings. The van der Waals surface area contributed by atoms with Crippen molar-refractivity contribution in [1.29, 1.82) is 0 Å². The van der Waals surface area contributed by atoms with Crippen molar-refractivity contribution < 1.29 is 18.3 Å². The molecule has 1 heterocycles. The topological polar surface area (TPSA) is 18.5 Å². The van der Waals surface area contributed by atoms with Gasteiger partial charge in [-0.1, -0.05) is 38.7 Å². The molecule has 2 aliphatic carbocycles. The largest absolute Gasteiger partial charge is 0.491 e. The standard InChI is InChI=1S/C28H42F2O2/c1-3-5-19-6-8-20(9-7-19)21-10-12-22(13-11-21)25-16-14-23(18-32-25)24-15-17-26(31-4-2)28(30)27(24)29/h15,17,19-23,25H,3-14,16,18H2,1-2H3/t19-,20-,21?,22?,23-,25+/m0/s1. The Morgan fingerprint density at radius 1 is 0.812 bits per heavy atom.